The molecule has 0 atom stereocenters. The lowest BCUT2D eigenvalue weighted by Gasteiger charge is -2.26. The normalized spacial score (nSPS) is 23.8. The number of hydrogen-bond donors (Lipinski definition) is 2. The van der Waals surface area contributed by atoms with Crippen molar-refractivity contribution in [2.45, 2.75) is 42.7 Å². The summed E-state index contributed by atoms with van der Waals surface area (Å²) in [5.74, 6) is 0. The van der Waals surface area contributed by atoms with Gasteiger partial charge in [0, 0.05) is 16.6 Å². The lowest BCUT2D eigenvalue weighted by Crippen LogP contribution is -2.40. The van der Waals surface area contributed by atoms with Gasteiger partial charge in [0.25, 0.3) is 0 Å². The van der Waals surface area contributed by atoms with E-state index in [1.807, 2.05) is 0 Å². The molecule has 20 heavy (non-hydrogen) atoms. The van der Waals surface area contributed by atoms with Crippen LogP contribution in [0, 0.1) is 0 Å². The standard InChI is InChI=1S/C12H15BrCl2N2O2S/c13-7-5-10(14)12(11(15)6-7)20(18,19)17-9-3-1-8(16)2-4-9/h5-6,8-9,17H,1-4,16H2. The summed E-state index contributed by atoms with van der Waals surface area (Å²) in [6.07, 6.45) is 3.09. The van der Waals surface area contributed by atoms with E-state index in [1.165, 1.54) is 12.1 Å². The lowest BCUT2D eigenvalue weighted by atomic mass is 9.93. The molecule has 1 aromatic rings. The highest BCUT2D eigenvalue weighted by Gasteiger charge is 2.27. The molecule has 1 fully saturated rings. The average molecular weight is 402 g/mol. The maximum absolute atomic E-state index is 12.4. The van der Waals surface area contributed by atoms with Gasteiger partial charge < -0.3 is 5.73 Å². The Labute approximate surface area is 137 Å². The molecule has 1 aliphatic rings. The quantitative estimate of drug-likeness (QED) is 0.815. The summed E-state index contributed by atoms with van der Waals surface area (Å²) in [7, 11) is -3.73. The Morgan fingerprint density at radius 1 is 1.15 bits per heavy atom. The molecule has 1 aromatic carbocycles. The largest absolute Gasteiger partial charge is 0.328 e. The third-order valence-electron chi connectivity index (χ3n) is 3.33. The molecule has 0 aliphatic heterocycles. The smallest absolute Gasteiger partial charge is 0.243 e. The van der Waals surface area contributed by atoms with Crippen molar-refractivity contribution in [2.24, 2.45) is 5.73 Å². The van der Waals surface area contributed by atoms with Crippen LogP contribution in [0.3, 0.4) is 0 Å². The van der Waals surface area contributed by atoms with Crippen LogP contribution >= 0.6 is 39.1 Å². The molecule has 0 saturated heterocycles. The van der Waals surface area contributed by atoms with Crippen LogP contribution in [0.15, 0.2) is 21.5 Å². The van der Waals surface area contributed by atoms with Gasteiger partial charge >= 0.3 is 0 Å². The van der Waals surface area contributed by atoms with Gasteiger partial charge in [-0.3, -0.25) is 0 Å². The van der Waals surface area contributed by atoms with Gasteiger partial charge in [-0.25, -0.2) is 13.1 Å². The van der Waals surface area contributed by atoms with E-state index in [4.69, 9.17) is 28.9 Å². The molecule has 0 unspecified atom stereocenters. The fourth-order valence-electron chi connectivity index (χ4n) is 2.30. The summed E-state index contributed by atoms with van der Waals surface area (Å²) >= 11 is 15.2. The Hall–Kier alpha value is 0.150. The van der Waals surface area contributed by atoms with Crippen LogP contribution in [-0.4, -0.2) is 20.5 Å². The zero-order valence-electron chi connectivity index (χ0n) is 10.6. The van der Waals surface area contributed by atoms with Gasteiger partial charge in [0.05, 0.1) is 10.0 Å². The van der Waals surface area contributed by atoms with E-state index in [0.29, 0.717) is 4.47 Å². The molecule has 1 saturated carbocycles. The molecular formula is C12H15BrCl2N2O2S. The van der Waals surface area contributed by atoms with Crippen molar-refractivity contribution < 1.29 is 8.42 Å². The molecule has 0 spiro atoms. The van der Waals surface area contributed by atoms with Gasteiger partial charge in [-0.1, -0.05) is 39.1 Å². The summed E-state index contributed by atoms with van der Waals surface area (Å²) in [6, 6.07) is 3.07. The third kappa shape index (κ3) is 3.87. The fourth-order valence-corrected chi connectivity index (χ4v) is 5.54. The number of nitrogens with one attached hydrogen (secondary N) is 1. The molecule has 0 amide bonds. The van der Waals surface area contributed by atoms with E-state index in [1.54, 1.807) is 0 Å². The van der Waals surface area contributed by atoms with Gasteiger partial charge in [-0.05, 0) is 37.8 Å². The van der Waals surface area contributed by atoms with E-state index in [9.17, 15) is 8.42 Å². The summed E-state index contributed by atoms with van der Waals surface area (Å²) in [4.78, 5) is -0.0705. The van der Waals surface area contributed by atoms with E-state index in [2.05, 4.69) is 20.7 Å². The summed E-state index contributed by atoms with van der Waals surface area (Å²) in [6.45, 7) is 0. The number of sulfonamides is 1. The van der Waals surface area contributed by atoms with E-state index in [-0.39, 0.29) is 27.0 Å². The number of nitrogens with two attached hydrogens (primary N) is 1. The SMILES string of the molecule is NC1CCC(NS(=O)(=O)c2c(Cl)cc(Br)cc2Cl)CC1. The maximum Gasteiger partial charge on any atom is 0.243 e. The molecule has 0 aromatic heterocycles. The first-order chi connectivity index (χ1) is 9.29. The predicted molar refractivity (Wildman–Crippen MR) is 84.7 cm³/mol. The van der Waals surface area contributed by atoms with E-state index < -0.39 is 10.0 Å². The lowest BCUT2D eigenvalue weighted by molar-refractivity contribution is 0.373. The van der Waals surface area contributed by atoms with Crippen molar-refractivity contribution in [3.05, 3.63) is 26.7 Å². The molecule has 0 bridgehead atoms. The topological polar surface area (TPSA) is 72.2 Å². The minimum Gasteiger partial charge on any atom is -0.328 e. The molecule has 0 radical (unpaired) electrons. The van der Waals surface area contributed by atoms with Crippen LogP contribution in [0.2, 0.25) is 10.0 Å². The predicted octanol–water partition coefficient (Wildman–Crippen LogP) is 3.30. The van der Waals surface area contributed by atoms with Crippen LogP contribution in [0.5, 0.6) is 0 Å². The minimum atomic E-state index is -3.73. The van der Waals surface area contributed by atoms with Crippen LogP contribution in [-0.2, 0) is 10.0 Å². The second-order valence-corrected chi connectivity index (χ2v) is 8.31. The first kappa shape index (κ1) is 16.5. The molecule has 4 nitrogen and oxygen atoms in total. The number of benzene rings is 1. The van der Waals surface area contributed by atoms with Crippen molar-refractivity contribution >= 4 is 49.2 Å². The Kier molecular flexibility index (Phi) is 5.37. The molecule has 0 heterocycles. The van der Waals surface area contributed by atoms with E-state index >= 15 is 0 Å². The second-order valence-electron chi connectivity index (χ2n) is 4.93. The Balaban J connectivity index is 2.23. The third-order valence-corrected chi connectivity index (χ3v) is 6.22. The number of halogens is 3. The van der Waals surface area contributed by atoms with Crippen molar-refractivity contribution in [1.29, 1.82) is 0 Å². The maximum atomic E-state index is 12.4. The number of hydrogen-bond acceptors (Lipinski definition) is 3. The van der Waals surface area contributed by atoms with Gasteiger partial charge in [-0.15, -0.1) is 0 Å². The summed E-state index contributed by atoms with van der Waals surface area (Å²) < 4.78 is 28.1. The highest BCUT2D eigenvalue weighted by molar-refractivity contribution is 9.10. The second kappa shape index (κ2) is 6.50. The highest BCUT2D eigenvalue weighted by atomic mass is 79.9. The van der Waals surface area contributed by atoms with Gasteiger partial charge in [0.15, 0.2) is 0 Å². The van der Waals surface area contributed by atoms with Crippen molar-refractivity contribution in [1.82, 2.24) is 4.72 Å². The monoisotopic (exact) mass is 400 g/mol. The van der Waals surface area contributed by atoms with Gasteiger partial charge in [0.2, 0.25) is 10.0 Å². The molecule has 8 heteroatoms. The molecule has 2 rings (SSSR count). The van der Waals surface area contributed by atoms with Crippen LogP contribution in [0.4, 0.5) is 0 Å². The van der Waals surface area contributed by atoms with Gasteiger partial charge in [-0.2, -0.15) is 0 Å². The molecular weight excluding hydrogens is 387 g/mol. The van der Waals surface area contributed by atoms with Gasteiger partial charge in [0.1, 0.15) is 4.90 Å². The number of rotatable bonds is 3. The molecule has 112 valence electrons. The Morgan fingerprint density at radius 3 is 2.15 bits per heavy atom. The summed E-state index contributed by atoms with van der Waals surface area (Å²) in [5.41, 5.74) is 5.81. The fraction of sp³-hybridized carbons (Fsp3) is 0.500. The Bertz CT molecular complexity index is 578. The zero-order valence-corrected chi connectivity index (χ0v) is 14.5. The highest BCUT2D eigenvalue weighted by Crippen LogP contribution is 2.33. The first-order valence-electron chi connectivity index (χ1n) is 6.22. The summed E-state index contributed by atoms with van der Waals surface area (Å²) in [5, 5.41) is 0.203. The average Bonchev–Trinajstić information content (AvgIpc) is 2.30. The van der Waals surface area contributed by atoms with Crippen LogP contribution in [0.25, 0.3) is 0 Å². The molecule has 3 N–H and O–H groups in total. The van der Waals surface area contributed by atoms with Crippen molar-refractivity contribution in [2.75, 3.05) is 0 Å². The minimum absolute atomic E-state index is 0.0705. The first-order valence-corrected chi connectivity index (χ1v) is 9.25. The van der Waals surface area contributed by atoms with Crippen molar-refractivity contribution in [3.8, 4) is 0 Å². The van der Waals surface area contributed by atoms with Crippen LogP contribution in [0.1, 0.15) is 25.7 Å². The van der Waals surface area contributed by atoms with E-state index in [0.717, 1.165) is 25.7 Å². The molecule has 1 aliphatic carbocycles. The zero-order chi connectivity index (χ0) is 14.9. The van der Waals surface area contributed by atoms with Crippen LogP contribution < -0.4 is 10.5 Å². The Morgan fingerprint density at radius 2 is 1.65 bits per heavy atom. The van der Waals surface area contributed by atoms with Crippen molar-refractivity contribution in [3.63, 3.8) is 0 Å².